The first-order chi connectivity index (χ1) is 11.8. The largest absolute Gasteiger partial charge is 0.497 e. The SMILES string of the molecule is COc1ccc(SCc2ccc(B3OC(C)(C)C(C)(C)O3)cc2)cc1. The topological polar surface area (TPSA) is 27.7 Å². The Morgan fingerprint density at radius 3 is 1.96 bits per heavy atom. The molecular formula is C20H25BO3S. The number of hydrogen-bond donors (Lipinski definition) is 0. The predicted octanol–water partition coefficient (Wildman–Crippen LogP) is 4.29. The highest BCUT2D eigenvalue weighted by molar-refractivity contribution is 7.98. The van der Waals surface area contributed by atoms with E-state index < -0.39 is 0 Å². The molecule has 1 aliphatic heterocycles. The molecule has 1 fully saturated rings. The Kier molecular flexibility index (Phi) is 5.19. The summed E-state index contributed by atoms with van der Waals surface area (Å²) in [5.41, 5.74) is 1.74. The third-order valence-corrected chi connectivity index (χ3v) is 6.05. The van der Waals surface area contributed by atoms with Crippen LogP contribution in [0.4, 0.5) is 0 Å². The second kappa shape index (κ2) is 7.06. The molecule has 25 heavy (non-hydrogen) atoms. The van der Waals surface area contributed by atoms with Crippen molar-refractivity contribution in [2.75, 3.05) is 7.11 Å². The van der Waals surface area contributed by atoms with E-state index in [1.807, 2.05) is 23.9 Å². The van der Waals surface area contributed by atoms with Crippen molar-refractivity contribution in [1.29, 1.82) is 0 Å². The second-order valence-electron chi connectivity index (χ2n) is 7.29. The number of methoxy groups -OCH3 is 1. The van der Waals surface area contributed by atoms with Gasteiger partial charge in [0.1, 0.15) is 5.75 Å². The molecule has 2 aromatic rings. The Morgan fingerprint density at radius 2 is 1.44 bits per heavy atom. The van der Waals surface area contributed by atoms with Crippen molar-refractivity contribution in [2.24, 2.45) is 0 Å². The molecule has 0 aromatic heterocycles. The fraction of sp³-hybridized carbons (Fsp3) is 0.400. The summed E-state index contributed by atoms with van der Waals surface area (Å²) in [6.45, 7) is 8.31. The Labute approximate surface area is 155 Å². The molecule has 0 spiro atoms. The minimum atomic E-state index is -0.305. The summed E-state index contributed by atoms with van der Waals surface area (Å²) in [7, 11) is 1.39. The van der Waals surface area contributed by atoms with Crippen molar-refractivity contribution in [1.82, 2.24) is 0 Å². The van der Waals surface area contributed by atoms with Gasteiger partial charge in [-0.2, -0.15) is 0 Å². The van der Waals surface area contributed by atoms with Gasteiger partial charge in [-0.3, -0.25) is 0 Å². The van der Waals surface area contributed by atoms with Crippen LogP contribution in [0.3, 0.4) is 0 Å². The average Bonchev–Trinajstić information content (AvgIpc) is 2.82. The maximum Gasteiger partial charge on any atom is 0.494 e. The van der Waals surface area contributed by atoms with Crippen LogP contribution in [-0.2, 0) is 15.1 Å². The van der Waals surface area contributed by atoms with Gasteiger partial charge in [-0.15, -0.1) is 11.8 Å². The van der Waals surface area contributed by atoms with Gasteiger partial charge in [-0.1, -0.05) is 24.3 Å². The maximum absolute atomic E-state index is 6.10. The first kappa shape index (κ1) is 18.4. The Morgan fingerprint density at radius 1 is 0.880 bits per heavy atom. The zero-order valence-electron chi connectivity index (χ0n) is 15.5. The van der Waals surface area contributed by atoms with Crippen molar-refractivity contribution in [3.8, 4) is 5.75 Å². The molecule has 1 saturated heterocycles. The van der Waals surface area contributed by atoms with Crippen LogP contribution < -0.4 is 10.2 Å². The summed E-state index contributed by atoms with van der Waals surface area (Å²) in [4.78, 5) is 1.23. The summed E-state index contributed by atoms with van der Waals surface area (Å²) in [6.07, 6.45) is 0. The number of thioether (sulfide) groups is 1. The van der Waals surface area contributed by atoms with Gasteiger partial charge in [-0.05, 0) is 63.0 Å². The van der Waals surface area contributed by atoms with Crippen molar-refractivity contribution in [2.45, 2.75) is 49.5 Å². The van der Waals surface area contributed by atoms with Crippen LogP contribution in [0.25, 0.3) is 0 Å². The average molecular weight is 356 g/mol. The molecular weight excluding hydrogens is 331 g/mol. The fourth-order valence-electron chi connectivity index (χ4n) is 2.59. The monoisotopic (exact) mass is 356 g/mol. The molecule has 0 saturated carbocycles. The van der Waals surface area contributed by atoms with Crippen LogP contribution in [0.1, 0.15) is 33.3 Å². The molecule has 1 heterocycles. The molecule has 3 rings (SSSR count). The van der Waals surface area contributed by atoms with Crippen molar-refractivity contribution in [3.63, 3.8) is 0 Å². The normalized spacial score (nSPS) is 18.4. The first-order valence-corrected chi connectivity index (χ1v) is 9.51. The smallest absolute Gasteiger partial charge is 0.494 e. The lowest BCUT2D eigenvalue weighted by molar-refractivity contribution is 0.00578. The summed E-state index contributed by atoms with van der Waals surface area (Å²) < 4.78 is 17.4. The van der Waals surface area contributed by atoms with Crippen LogP contribution >= 0.6 is 11.8 Å². The van der Waals surface area contributed by atoms with Gasteiger partial charge in [0.25, 0.3) is 0 Å². The second-order valence-corrected chi connectivity index (χ2v) is 8.34. The standard InChI is InChI=1S/C20H25BO3S/c1-19(2)20(3,4)24-21(23-19)16-8-6-15(7-9-16)14-25-18-12-10-17(22-5)11-13-18/h6-13H,14H2,1-5H3. The Balaban J connectivity index is 1.61. The highest BCUT2D eigenvalue weighted by Crippen LogP contribution is 2.36. The lowest BCUT2D eigenvalue weighted by Crippen LogP contribution is -2.41. The molecule has 0 atom stereocenters. The molecule has 0 radical (unpaired) electrons. The molecule has 132 valence electrons. The van der Waals surface area contributed by atoms with E-state index in [1.165, 1.54) is 10.5 Å². The molecule has 0 aliphatic carbocycles. The highest BCUT2D eigenvalue weighted by Gasteiger charge is 2.51. The van der Waals surface area contributed by atoms with Gasteiger partial charge in [-0.25, -0.2) is 0 Å². The molecule has 5 heteroatoms. The summed E-state index contributed by atoms with van der Waals surface area (Å²) >= 11 is 1.81. The van der Waals surface area contributed by atoms with Gasteiger partial charge >= 0.3 is 7.12 Å². The minimum absolute atomic E-state index is 0.298. The number of ether oxygens (including phenoxy) is 1. The molecule has 0 unspecified atom stereocenters. The molecule has 1 aliphatic rings. The maximum atomic E-state index is 6.10. The van der Waals surface area contributed by atoms with E-state index in [0.29, 0.717) is 0 Å². The highest BCUT2D eigenvalue weighted by atomic mass is 32.2. The van der Waals surface area contributed by atoms with Gasteiger partial charge in [0.15, 0.2) is 0 Å². The van der Waals surface area contributed by atoms with Crippen molar-refractivity contribution in [3.05, 3.63) is 54.1 Å². The van der Waals surface area contributed by atoms with Crippen LogP contribution in [0.5, 0.6) is 5.75 Å². The number of benzene rings is 2. The van der Waals surface area contributed by atoms with E-state index in [2.05, 4.69) is 64.1 Å². The lowest BCUT2D eigenvalue weighted by Gasteiger charge is -2.32. The summed E-state index contributed by atoms with van der Waals surface area (Å²) in [5, 5.41) is 0. The zero-order chi connectivity index (χ0) is 18.1. The Bertz CT molecular complexity index is 695. The molecule has 3 nitrogen and oxygen atoms in total. The van der Waals surface area contributed by atoms with Gasteiger partial charge in [0.2, 0.25) is 0 Å². The summed E-state index contributed by atoms with van der Waals surface area (Å²) in [5.74, 6) is 1.81. The van der Waals surface area contributed by atoms with Gasteiger partial charge in [0, 0.05) is 10.6 Å². The van der Waals surface area contributed by atoms with E-state index in [9.17, 15) is 0 Å². The van der Waals surface area contributed by atoms with Crippen LogP contribution in [0.15, 0.2) is 53.4 Å². The molecule has 0 bridgehead atoms. The van der Waals surface area contributed by atoms with Crippen molar-refractivity contribution >= 4 is 24.3 Å². The van der Waals surface area contributed by atoms with Crippen LogP contribution in [-0.4, -0.2) is 25.4 Å². The number of hydrogen-bond acceptors (Lipinski definition) is 4. The predicted molar refractivity (Wildman–Crippen MR) is 105 cm³/mol. The van der Waals surface area contributed by atoms with Crippen LogP contribution in [0.2, 0.25) is 0 Å². The third-order valence-electron chi connectivity index (χ3n) is 4.97. The van der Waals surface area contributed by atoms with Crippen LogP contribution in [0, 0.1) is 0 Å². The molecule has 0 amide bonds. The molecule has 2 aromatic carbocycles. The zero-order valence-corrected chi connectivity index (χ0v) is 16.4. The first-order valence-electron chi connectivity index (χ1n) is 8.52. The molecule has 0 N–H and O–H groups in total. The quantitative estimate of drug-likeness (QED) is 0.590. The van der Waals surface area contributed by atoms with E-state index in [4.69, 9.17) is 14.0 Å². The fourth-order valence-corrected chi connectivity index (χ4v) is 3.44. The summed E-state index contributed by atoms with van der Waals surface area (Å²) in [6, 6.07) is 16.7. The lowest BCUT2D eigenvalue weighted by atomic mass is 9.79. The van der Waals surface area contributed by atoms with Crippen molar-refractivity contribution < 1.29 is 14.0 Å². The van der Waals surface area contributed by atoms with E-state index in [0.717, 1.165) is 17.0 Å². The van der Waals surface area contributed by atoms with E-state index in [-0.39, 0.29) is 18.3 Å². The van der Waals surface area contributed by atoms with E-state index in [1.54, 1.807) is 7.11 Å². The van der Waals surface area contributed by atoms with Gasteiger partial charge < -0.3 is 14.0 Å². The minimum Gasteiger partial charge on any atom is -0.497 e. The van der Waals surface area contributed by atoms with E-state index >= 15 is 0 Å². The number of rotatable bonds is 5. The third kappa shape index (κ3) is 4.05. The van der Waals surface area contributed by atoms with Gasteiger partial charge in [0.05, 0.1) is 18.3 Å². The Hall–Kier alpha value is -1.43.